The summed E-state index contributed by atoms with van der Waals surface area (Å²) in [6, 6.07) is 7.87. The molecule has 0 fully saturated rings. The van der Waals surface area contributed by atoms with Gasteiger partial charge in [0.05, 0.1) is 25.5 Å². The number of benzene rings is 1. The molecule has 0 saturated carbocycles. The number of aryl methyl sites for hydroxylation is 1. The van der Waals surface area contributed by atoms with Gasteiger partial charge < -0.3 is 10.1 Å². The number of aromatic nitrogens is 7. The molecule has 0 aliphatic carbocycles. The molecule has 1 N–H and O–H groups in total. The Hall–Kier alpha value is -3.59. The lowest BCUT2D eigenvalue weighted by molar-refractivity contribution is 0.297. The molecule has 0 radical (unpaired) electrons. The zero-order valence-electron chi connectivity index (χ0n) is 19.8. The van der Waals surface area contributed by atoms with Crippen LogP contribution in [-0.4, -0.2) is 52.8 Å². The van der Waals surface area contributed by atoms with Crippen molar-refractivity contribution < 1.29 is 4.74 Å². The highest BCUT2D eigenvalue weighted by molar-refractivity contribution is 5.74. The molecule has 3 aromatic heterocycles. The summed E-state index contributed by atoms with van der Waals surface area (Å²) in [6.07, 6.45) is 7.15. The van der Waals surface area contributed by atoms with Crippen molar-refractivity contribution in [3.63, 3.8) is 0 Å². The van der Waals surface area contributed by atoms with Gasteiger partial charge in [-0.25, -0.2) is 9.97 Å². The number of nitrogens with one attached hydrogen (secondary N) is 1. The van der Waals surface area contributed by atoms with Crippen LogP contribution >= 0.6 is 0 Å². The van der Waals surface area contributed by atoms with Crippen molar-refractivity contribution in [1.29, 1.82) is 0 Å². The van der Waals surface area contributed by atoms with E-state index in [9.17, 15) is 0 Å². The van der Waals surface area contributed by atoms with Gasteiger partial charge in [-0.05, 0) is 63.1 Å². The average molecular weight is 445 g/mol. The fraction of sp³-hybridized carbons (Fsp3) is 0.375. The molecule has 1 aromatic carbocycles. The molecule has 0 saturated heterocycles. The molecule has 5 rings (SSSR count). The van der Waals surface area contributed by atoms with Gasteiger partial charge in [0.1, 0.15) is 5.75 Å². The van der Waals surface area contributed by atoms with Crippen molar-refractivity contribution in [3.8, 4) is 28.4 Å². The van der Waals surface area contributed by atoms with Gasteiger partial charge >= 0.3 is 0 Å². The molecule has 0 bridgehead atoms. The van der Waals surface area contributed by atoms with E-state index in [2.05, 4.69) is 60.6 Å². The predicted octanol–water partition coefficient (Wildman–Crippen LogP) is 3.53. The van der Waals surface area contributed by atoms with E-state index < -0.39 is 0 Å². The van der Waals surface area contributed by atoms with Gasteiger partial charge in [0.2, 0.25) is 11.6 Å². The molecule has 0 unspecified atom stereocenters. The lowest BCUT2D eigenvalue weighted by Gasteiger charge is -2.41. The van der Waals surface area contributed by atoms with Gasteiger partial charge in [-0.1, -0.05) is 12.1 Å². The standard InChI is InChI=1S/C24H28N8O/c1-23(2)12-16(13-24(3,4)29-23)18-9-10-32-14-19(26-22(32)25-18)17-8-7-15(11-20(17)33-6)21-27-30-31(5)28-21/h7-12,14,29H,13H2,1-6H3. The Labute approximate surface area is 192 Å². The summed E-state index contributed by atoms with van der Waals surface area (Å²) in [5.74, 6) is 1.89. The van der Waals surface area contributed by atoms with Crippen LogP contribution in [0, 0.1) is 0 Å². The lowest BCUT2D eigenvalue weighted by atomic mass is 9.82. The number of tetrazole rings is 1. The van der Waals surface area contributed by atoms with Crippen LogP contribution in [0.15, 0.2) is 42.7 Å². The third-order valence-electron chi connectivity index (χ3n) is 5.73. The zero-order valence-corrected chi connectivity index (χ0v) is 19.8. The first-order chi connectivity index (χ1) is 15.6. The zero-order chi connectivity index (χ0) is 23.4. The molecule has 9 heteroatoms. The largest absolute Gasteiger partial charge is 0.496 e. The highest BCUT2D eigenvalue weighted by atomic mass is 16.5. The summed E-state index contributed by atoms with van der Waals surface area (Å²) in [7, 11) is 3.38. The van der Waals surface area contributed by atoms with Crippen molar-refractivity contribution in [1.82, 2.24) is 39.9 Å². The summed E-state index contributed by atoms with van der Waals surface area (Å²) in [4.78, 5) is 11.1. The van der Waals surface area contributed by atoms with E-state index in [-0.39, 0.29) is 11.1 Å². The second kappa shape index (κ2) is 7.48. The summed E-state index contributed by atoms with van der Waals surface area (Å²) in [6.45, 7) is 8.82. The predicted molar refractivity (Wildman–Crippen MR) is 127 cm³/mol. The van der Waals surface area contributed by atoms with Crippen molar-refractivity contribution in [2.24, 2.45) is 7.05 Å². The van der Waals surface area contributed by atoms with E-state index in [1.165, 1.54) is 10.4 Å². The first-order valence-electron chi connectivity index (χ1n) is 10.9. The van der Waals surface area contributed by atoms with Gasteiger partial charge in [-0.15, -0.1) is 10.2 Å². The Balaban J connectivity index is 1.52. The van der Waals surface area contributed by atoms with E-state index in [0.29, 0.717) is 17.4 Å². The molecule has 9 nitrogen and oxygen atoms in total. The van der Waals surface area contributed by atoms with E-state index in [0.717, 1.165) is 28.9 Å². The second-order valence-electron chi connectivity index (χ2n) is 9.74. The maximum Gasteiger partial charge on any atom is 0.234 e. The van der Waals surface area contributed by atoms with Crippen molar-refractivity contribution in [3.05, 3.63) is 48.4 Å². The maximum absolute atomic E-state index is 5.66. The SMILES string of the molecule is COc1cc(-c2nnn(C)n2)ccc1-c1cn2ccc(C3=CC(C)(C)NC(C)(C)C3)nc2n1. The van der Waals surface area contributed by atoms with Gasteiger partial charge in [-0.3, -0.25) is 4.40 Å². The van der Waals surface area contributed by atoms with Crippen LogP contribution in [0.1, 0.15) is 39.8 Å². The monoisotopic (exact) mass is 444 g/mol. The normalized spacial score (nSPS) is 17.2. The lowest BCUT2D eigenvalue weighted by Crippen LogP contribution is -2.53. The summed E-state index contributed by atoms with van der Waals surface area (Å²) in [5.41, 5.74) is 4.58. The third kappa shape index (κ3) is 4.11. The number of rotatable bonds is 4. The minimum atomic E-state index is -0.0986. The summed E-state index contributed by atoms with van der Waals surface area (Å²) in [5, 5.41) is 15.9. The molecule has 170 valence electrons. The molecule has 4 heterocycles. The number of methoxy groups -OCH3 is 1. The highest BCUT2D eigenvalue weighted by Crippen LogP contribution is 2.35. The van der Waals surface area contributed by atoms with Crippen molar-refractivity contribution in [2.45, 2.75) is 45.2 Å². The first-order valence-corrected chi connectivity index (χ1v) is 10.9. The van der Waals surface area contributed by atoms with Gasteiger partial charge in [0.15, 0.2) is 0 Å². The van der Waals surface area contributed by atoms with E-state index in [1.54, 1.807) is 14.2 Å². The summed E-state index contributed by atoms with van der Waals surface area (Å²) < 4.78 is 7.60. The first kappa shape index (κ1) is 21.3. The van der Waals surface area contributed by atoms with Crippen LogP contribution in [0.25, 0.3) is 34.0 Å². The van der Waals surface area contributed by atoms with Crippen LogP contribution in [0.2, 0.25) is 0 Å². The molecule has 1 aliphatic rings. The Morgan fingerprint density at radius 2 is 1.85 bits per heavy atom. The molecule has 33 heavy (non-hydrogen) atoms. The van der Waals surface area contributed by atoms with E-state index >= 15 is 0 Å². The fourth-order valence-corrected chi connectivity index (χ4v) is 4.70. The smallest absolute Gasteiger partial charge is 0.234 e. The van der Waals surface area contributed by atoms with Crippen molar-refractivity contribution >= 4 is 11.4 Å². The fourth-order valence-electron chi connectivity index (χ4n) is 4.70. The van der Waals surface area contributed by atoms with Crippen LogP contribution in [0.5, 0.6) is 5.75 Å². The molecule has 1 aliphatic heterocycles. The molecular formula is C24H28N8O. The molecule has 0 amide bonds. The number of fused-ring (bicyclic) bond motifs is 1. The van der Waals surface area contributed by atoms with Crippen LogP contribution < -0.4 is 10.1 Å². The van der Waals surface area contributed by atoms with E-state index in [4.69, 9.17) is 14.7 Å². The maximum atomic E-state index is 5.66. The molecule has 4 aromatic rings. The Morgan fingerprint density at radius 3 is 2.55 bits per heavy atom. The number of hydrogen-bond donors (Lipinski definition) is 1. The minimum absolute atomic E-state index is 0.00489. The molecule has 0 atom stereocenters. The van der Waals surface area contributed by atoms with Crippen LogP contribution in [-0.2, 0) is 7.05 Å². The van der Waals surface area contributed by atoms with Crippen LogP contribution in [0.3, 0.4) is 0 Å². The molecule has 0 spiro atoms. The molecular weight excluding hydrogens is 416 g/mol. The van der Waals surface area contributed by atoms with Gasteiger partial charge in [-0.2, -0.15) is 4.80 Å². The summed E-state index contributed by atoms with van der Waals surface area (Å²) >= 11 is 0. The quantitative estimate of drug-likeness (QED) is 0.514. The number of ether oxygens (including phenoxy) is 1. The third-order valence-corrected chi connectivity index (χ3v) is 5.73. The van der Waals surface area contributed by atoms with Gasteiger partial charge in [0.25, 0.3) is 0 Å². The number of imidazole rings is 1. The van der Waals surface area contributed by atoms with Crippen molar-refractivity contribution in [2.75, 3.05) is 7.11 Å². The van der Waals surface area contributed by atoms with Crippen LogP contribution in [0.4, 0.5) is 0 Å². The number of nitrogens with zero attached hydrogens (tertiary/aromatic N) is 7. The average Bonchev–Trinajstić information content (AvgIpc) is 3.36. The topological polar surface area (TPSA) is 95.1 Å². The van der Waals surface area contributed by atoms with E-state index in [1.807, 2.05) is 35.0 Å². The number of hydrogen-bond acceptors (Lipinski definition) is 7. The second-order valence-corrected chi connectivity index (χ2v) is 9.74. The minimum Gasteiger partial charge on any atom is -0.496 e. The highest BCUT2D eigenvalue weighted by Gasteiger charge is 2.33. The Bertz CT molecular complexity index is 1380. The Morgan fingerprint density at radius 1 is 1.06 bits per heavy atom. The van der Waals surface area contributed by atoms with Gasteiger partial charge in [0, 0.05) is 34.6 Å². The Kier molecular flexibility index (Phi) is 4.82.